The van der Waals surface area contributed by atoms with Crippen LogP contribution in [0.2, 0.25) is 5.02 Å². The quantitative estimate of drug-likeness (QED) is 0.763. The van der Waals surface area contributed by atoms with E-state index in [9.17, 15) is 10.2 Å². The minimum absolute atomic E-state index is 0.00574. The highest BCUT2D eigenvalue weighted by Crippen LogP contribution is 2.33. The molecule has 5 heteroatoms. The summed E-state index contributed by atoms with van der Waals surface area (Å²) in [5, 5.41) is 20.0. The number of para-hydroxylation sites is 1. The number of benzene rings is 2. The number of fused-ring (bicyclic) bond motifs is 1. The average Bonchev–Trinajstić information content (AvgIpc) is 2.78. The van der Waals surface area contributed by atoms with E-state index in [0.29, 0.717) is 16.4 Å². The number of hydrogen-bond acceptors (Lipinski definition) is 3. The normalized spacial score (nSPS) is 11.1. The van der Waals surface area contributed by atoms with Gasteiger partial charge in [-0.25, -0.2) is 4.98 Å². The molecular weight excluding hydrogens is 288 g/mol. The molecule has 3 aromatic rings. The van der Waals surface area contributed by atoms with Gasteiger partial charge in [0.25, 0.3) is 0 Å². The van der Waals surface area contributed by atoms with Crippen molar-refractivity contribution in [1.29, 1.82) is 0 Å². The number of rotatable bonds is 3. The molecule has 0 aliphatic heterocycles. The van der Waals surface area contributed by atoms with Crippen LogP contribution >= 0.6 is 11.6 Å². The van der Waals surface area contributed by atoms with Gasteiger partial charge in [-0.2, -0.15) is 0 Å². The molecule has 1 aromatic heterocycles. The van der Waals surface area contributed by atoms with Crippen molar-refractivity contribution in [2.24, 2.45) is 0 Å². The maximum atomic E-state index is 9.68. The third-order valence-corrected chi connectivity index (χ3v) is 3.63. The number of hydrogen-bond donors (Lipinski definition) is 2. The van der Waals surface area contributed by atoms with E-state index in [1.807, 2.05) is 22.8 Å². The maximum Gasteiger partial charge on any atom is 0.141 e. The molecule has 0 unspecified atom stereocenters. The van der Waals surface area contributed by atoms with Crippen LogP contribution in [0.1, 0.15) is 13.3 Å². The average molecular weight is 303 g/mol. The monoisotopic (exact) mass is 302 g/mol. The fourth-order valence-electron chi connectivity index (χ4n) is 2.53. The molecule has 0 atom stereocenters. The first kappa shape index (κ1) is 13.8. The first-order valence-electron chi connectivity index (χ1n) is 6.78. The van der Waals surface area contributed by atoms with Crippen molar-refractivity contribution in [3.05, 3.63) is 41.4 Å². The van der Waals surface area contributed by atoms with Crippen molar-refractivity contribution in [3.8, 4) is 22.9 Å². The van der Waals surface area contributed by atoms with E-state index in [0.717, 1.165) is 24.0 Å². The van der Waals surface area contributed by atoms with E-state index >= 15 is 0 Å². The molecule has 1 heterocycles. The van der Waals surface area contributed by atoms with E-state index in [-0.39, 0.29) is 11.5 Å². The lowest BCUT2D eigenvalue weighted by Gasteiger charge is -2.09. The maximum absolute atomic E-state index is 9.68. The molecule has 2 N–H and O–H groups in total. The molecule has 0 amide bonds. The predicted octanol–water partition coefficient (Wildman–Crippen LogP) is 4.18. The lowest BCUT2D eigenvalue weighted by molar-refractivity contribution is 0.451. The lowest BCUT2D eigenvalue weighted by Crippen LogP contribution is -2.00. The first-order chi connectivity index (χ1) is 10.1. The van der Waals surface area contributed by atoms with Crippen molar-refractivity contribution < 1.29 is 10.2 Å². The second-order valence-electron chi connectivity index (χ2n) is 4.93. The Morgan fingerprint density at radius 3 is 2.52 bits per heavy atom. The van der Waals surface area contributed by atoms with Crippen LogP contribution in [-0.2, 0) is 6.54 Å². The number of imidazole rings is 1. The van der Waals surface area contributed by atoms with Gasteiger partial charge in [-0.05, 0) is 30.7 Å². The third kappa shape index (κ3) is 2.43. The van der Waals surface area contributed by atoms with Crippen LogP contribution < -0.4 is 0 Å². The minimum atomic E-state index is 0.00574. The van der Waals surface area contributed by atoms with Gasteiger partial charge < -0.3 is 14.8 Å². The van der Waals surface area contributed by atoms with Crippen LogP contribution in [0.25, 0.3) is 22.4 Å². The molecule has 3 rings (SSSR count). The highest BCUT2D eigenvalue weighted by atomic mass is 35.5. The summed E-state index contributed by atoms with van der Waals surface area (Å²) >= 11 is 6.30. The lowest BCUT2D eigenvalue weighted by atomic mass is 10.2. The summed E-state index contributed by atoms with van der Waals surface area (Å²) in [6, 6.07) is 10.1. The highest BCUT2D eigenvalue weighted by molar-refractivity contribution is 6.35. The third-order valence-electron chi connectivity index (χ3n) is 3.33. The Morgan fingerprint density at radius 2 is 1.86 bits per heavy atom. The molecular formula is C16H15ClN2O2. The number of halogens is 1. The molecule has 0 bridgehead atoms. The van der Waals surface area contributed by atoms with Gasteiger partial charge in [-0.3, -0.25) is 0 Å². The fourth-order valence-corrected chi connectivity index (χ4v) is 2.80. The SMILES string of the molecule is CCCn1c(-c2cc(O)cc(O)c2)nc2cccc(Cl)c21. The van der Waals surface area contributed by atoms with Crippen LogP contribution in [0.5, 0.6) is 11.5 Å². The van der Waals surface area contributed by atoms with Crippen molar-refractivity contribution in [1.82, 2.24) is 9.55 Å². The van der Waals surface area contributed by atoms with Gasteiger partial charge in [0, 0.05) is 18.2 Å². The van der Waals surface area contributed by atoms with Crippen LogP contribution in [-0.4, -0.2) is 19.8 Å². The van der Waals surface area contributed by atoms with E-state index in [2.05, 4.69) is 11.9 Å². The fraction of sp³-hybridized carbons (Fsp3) is 0.188. The molecule has 0 fully saturated rings. The van der Waals surface area contributed by atoms with Crippen LogP contribution in [0.4, 0.5) is 0 Å². The Balaban J connectivity index is 2.31. The van der Waals surface area contributed by atoms with Crippen molar-refractivity contribution in [2.45, 2.75) is 19.9 Å². The molecule has 21 heavy (non-hydrogen) atoms. The Hall–Kier alpha value is -2.20. The van der Waals surface area contributed by atoms with Crippen LogP contribution in [0.3, 0.4) is 0 Å². The summed E-state index contributed by atoms with van der Waals surface area (Å²) in [6.07, 6.45) is 0.925. The predicted molar refractivity (Wildman–Crippen MR) is 83.8 cm³/mol. The number of phenols is 2. The molecule has 0 aliphatic rings. The van der Waals surface area contributed by atoms with Gasteiger partial charge in [0.05, 0.1) is 16.1 Å². The number of aryl methyl sites for hydroxylation is 1. The van der Waals surface area contributed by atoms with Gasteiger partial charge in [-0.15, -0.1) is 0 Å². The van der Waals surface area contributed by atoms with Gasteiger partial charge in [0.15, 0.2) is 0 Å². The molecule has 2 aromatic carbocycles. The van der Waals surface area contributed by atoms with Gasteiger partial charge in [-0.1, -0.05) is 24.6 Å². The van der Waals surface area contributed by atoms with E-state index < -0.39 is 0 Å². The number of aromatic hydroxyl groups is 2. The zero-order chi connectivity index (χ0) is 15.0. The summed E-state index contributed by atoms with van der Waals surface area (Å²) in [5.74, 6) is 0.698. The molecule has 4 nitrogen and oxygen atoms in total. The second kappa shape index (κ2) is 5.30. The zero-order valence-corrected chi connectivity index (χ0v) is 12.3. The van der Waals surface area contributed by atoms with Gasteiger partial charge in [0.2, 0.25) is 0 Å². The smallest absolute Gasteiger partial charge is 0.141 e. The van der Waals surface area contributed by atoms with E-state index in [1.165, 1.54) is 6.07 Å². The van der Waals surface area contributed by atoms with Gasteiger partial charge in [0.1, 0.15) is 17.3 Å². The Bertz CT molecular complexity index is 791. The molecule has 0 saturated carbocycles. The van der Waals surface area contributed by atoms with Crippen molar-refractivity contribution in [3.63, 3.8) is 0 Å². The van der Waals surface area contributed by atoms with E-state index in [4.69, 9.17) is 11.6 Å². The first-order valence-corrected chi connectivity index (χ1v) is 7.16. The summed E-state index contributed by atoms with van der Waals surface area (Å²) in [7, 11) is 0. The minimum Gasteiger partial charge on any atom is -0.508 e. The largest absolute Gasteiger partial charge is 0.508 e. The van der Waals surface area contributed by atoms with Gasteiger partial charge >= 0.3 is 0 Å². The van der Waals surface area contributed by atoms with Crippen molar-refractivity contribution in [2.75, 3.05) is 0 Å². The topological polar surface area (TPSA) is 58.3 Å². The summed E-state index contributed by atoms with van der Waals surface area (Å²) in [4.78, 5) is 4.60. The molecule has 0 aliphatic carbocycles. The summed E-state index contributed by atoms with van der Waals surface area (Å²) in [5.41, 5.74) is 2.33. The molecule has 0 saturated heterocycles. The number of phenolic OH excluding ortho intramolecular Hbond substituents is 2. The summed E-state index contributed by atoms with van der Waals surface area (Å²) in [6.45, 7) is 2.83. The Kier molecular flexibility index (Phi) is 3.47. The van der Waals surface area contributed by atoms with Crippen LogP contribution in [0.15, 0.2) is 36.4 Å². The second-order valence-corrected chi connectivity index (χ2v) is 5.34. The number of nitrogens with zero attached hydrogens (tertiary/aromatic N) is 2. The van der Waals surface area contributed by atoms with E-state index in [1.54, 1.807) is 12.1 Å². The molecule has 0 radical (unpaired) electrons. The standard InChI is InChI=1S/C16H15ClN2O2/c1-2-6-19-15-13(17)4-3-5-14(15)18-16(19)10-7-11(20)9-12(21)8-10/h3-5,7-9,20-21H,2,6H2,1H3. The highest BCUT2D eigenvalue weighted by Gasteiger charge is 2.15. The zero-order valence-electron chi connectivity index (χ0n) is 11.5. The molecule has 0 spiro atoms. The Morgan fingerprint density at radius 1 is 1.14 bits per heavy atom. The molecule has 108 valence electrons. The van der Waals surface area contributed by atoms with Crippen LogP contribution in [0, 0.1) is 0 Å². The summed E-state index contributed by atoms with van der Waals surface area (Å²) < 4.78 is 2.02. The Labute approximate surface area is 127 Å². The van der Waals surface area contributed by atoms with Crippen molar-refractivity contribution >= 4 is 22.6 Å². The number of aromatic nitrogens is 2.